The van der Waals surface area contributed by atoms with Crippen molar-refractivity contribution < 1.29 is 14.0 Å². The van der Waals surface area contributed by atoms with E-state index in [-0.39, 0.29) is 17.7 Å². The average Bonchev–Trinajstić information content (AvgIpc) is 3.61. The van der Waals surface area contributed by atoms with E-state index in [1.54, 1.807) is 29.9 Å². The minimum Gasteiger partial charge on any atom is -0.451 e. The summed E-state index contributed by atoms with van der Waals surface area (Å²) >= 11 is 1.55. The Kier molecular flexibility index (Phi) is 6.10. The van der Waals surface area contributed by atoms with Gasteiger partial charge in [0.15, 0.2) is 5.76 Å². The number of anilines is 1. The Morgan fingerprint density at radius 2 is 1.72 bits per heavy atom. The quantitative estimate of drug-likeness (QED) is 0.420. The van der Waals surface area contributed by atoms with Crippen LogP contribution in [0.3, 0.4) is 0 Å². The summed E-state index contributed by atoms with van der Waals surface area (Å²) in [4.78, 5) is 45.1. The number of piperidine rings is 1. The van der Waals surface area contributed by atoms with E-state index in [1.165, 1.54) is 0 Å². The van der Waals surface area contributed by atoms with Gasteiger partial charge >= 0.3 is 0 Å². The molecule has 2 fully saturated rings. The summed E-state index contributed by atoms with van der Waals surface area (Å²) in [5, 5.41) is 3.79. The van der Waals surface area contributed by atoms with Gasteiger partial charge in [0, 0.05) is 68.3 Å². The van der Waals surface area contributed by atoms with Crippen molar-refractivity contribution in [3.05, 3.63) is 70.8 Å². The number of carbonyl (C=O) groups is 2. The number of furan rings is 1. The van der Waals surface area contributed by atoms with Gasteiger partial charge in [-0.15, -0.1) is 11.3 Å². The Bertz CT molecular complexity index is 1340. The van der Waals surface area contributed by atoms with Crippen LogP contribution in [0.2, 0.25) is 0 Å². The van der Waals surface area contributed by atoms with Crippen LogP contribution in [-0.2, 0) is 0 Å². The van der Waals surface area contributed by atoms with Crippen LogP contribution >= 0.6 is 11.3 Å². The summed E-state index contributed by atoms with van der Waals surface area (Å²) in [5.41, 5.74) is 1.25. The minimum atomic E-state index is -0.0692. The zero-order chi connectivity index (χ0) is 24.5. The molecule has 6 rings (SSSR count). The van der Waals surface area contributed by atoms with Gasteiger partial charge in [0.2, 0.25) is 0 Å². The van der Waals surface area contributed by atoms with E-state index in [9.17, 15) is 9.59 Å². The van der Waals surface area contributed by atoms with Gasteiger partial charge < -0.3 is 19.1 Å². The number of nitrogens with zero attached hydrogens (tertiary/aromatic N) is 6. The van der Waals surface area contributed by atoms with Crippen LogP contribution in [0.1, 0.15) is 44.8 Å². The number of aromatic nitrogens is 3. The number of benzene rings is 1. The molecule has 2 amide bonds. The van der Waals surface area contributed by atoms with Crippen molar-refractivity contribution in [1.29, 1.82) is 0 Å². The van der Waals surface area contributed by atoms with E-state index in [4.69, 9.17) is 9.40 Å². The van der Waals surface area contributed by atoms with Crippen molar-refractivity contribution in [3.63, 3.8) is 0 Å². The molecule has 0 aliphatic carbocycles. The molecule has 0 unspecified atom stereocenters. The zero-order valence-corrected chi connectivity index (χ0v) is 20.6. The SMILES string of the molecule is O=C(c1csc(C2CCN(C(=O)c3cc4ccccc4o3)CC2)n1)N1CCN(c2cnccn2)CC1. The van der Waals surface area contributed by atoms with Crippen molar-refractivity contribution in [3.8, 4) is 0 Å². The van der Waals surface area contributed by atoms with Crippen molar-refractivity contribution in [2.24, 2.45) is 0 Å². The molecule has 184 valence electrons. The highest BCUT2D eigenvalue weighted by molar-refractivity contribution is 7.09. The maximum absolute atomic E-state index is 13.1. The number of likely N-dealkylation sites (tertiary alicyclic amines) is 1. The first-order valence-corrected chi connectivity index (χ1v) is 13.1. The van der Waals surface area contributed by atoms with Gasteiger partial charge in [-0.1, -0.05) is 18.2 Å². The number of thiazole rings is 1. The van der Waals surface area contributed by atoms with Gasteiger partial charge in [-0.05, 0) is 25.0 Å². The lowest BCUT2D eigenvalue weighted by Gasteiger charge is -2.34. The number of piperazine rings is 1. The van der Waals surface area contributed by atoms with Crippen LogP contribution in [0.4, 0.5) is 5.82 Å². The Hall–Kier alpha value is -3.79. The number of hydrogen-bond donors (Lipinski definition) is 0. The average molecular weight is 503 g/mol. The number of para-hydroxylation sites is 1. The second-order valence-electron chi connectivity index (χ2n) is 9.13. The molecule has 2 aliphatic heterocycles. The highest BCUT2D eigenvalue weighted by Crippen LogP contribution is 2.32. The molecule has 2 aliphatic rings. The molecular weight excluding hydrogens is 476 g/mol. The minimum absolute atomic E-state index is 0.0196. The first kappa shape index (κ1) is 22.7. The highest BCUT2D eigenvalue weighted by atomic mass is 32.1. The molecular formula is C26H26N6O3S. The number of hydrogen-bond acceptors (Lipinski definition) is 8. The Morgan fingerprint density at radius 3 is 2.47 bits per heavy atom. The van der Waals surface area contributed by atoms with Crippen LogP contribution in [0, 0.1) is 0 Å². The van der Waals surface area contributed by atoms with Crippen LogP contribution in [0.25, 0.3) is 11.0 Å². The molecule has 0 radical (unpaired) electrons. The summed E-state index contributed by atoms with van der Waals surface area (Å²) < 4.78 is 5.76. The Morgan fingerprint density at radius 1 is 0.944 bits per heavy atom. The molecule has 36 heavy (non-hydrogen) atoms. The van der Waals surface area contributed by atoms with Crippen LogP contribution in [-0.4, -0.2) is 75.8 Å². The van der Waals surface area contributed by atoms with Gasteiger partial charge in [-0.25, -0.2) is 9.97 Å². The molecule has 3 aromatic heterocycles. The molecule has 0 saturated carbocycles. The number of carbonyl (C=O) groups excluding carboxylic acids is 2. The van der Waals surface area contributed by atoms with Crippen molar-refractivity contribution in [1.82, 2.24) is 24.8 Å². The van der Waals surface area contributed by atoms with E-state index in [0.717, 1.165) is 47.7 Å². The molecule has 4 aromatic rings. The maximum Gasteiger partial charge on any atom is 0.289 e. The van der Waals surface area contributed by atoms with E-state index < -0.39 is 0 Å². The third-order valence-electron chi connectivity index (χ3n) is 6.95. The zero-order valence-electron chi connectivity index (χ0n) is 19.7. The third kappa shape index (κ3) is 4.44. The number of fused-ring (bicyclic) bond motifs is 1. The topological polar surface area (TPSA) is 95.7 Å². The molecule has 1 aromatic carbocycles. The standard InChI is InChI=1S/C26H26N6O3S/c33-25(32-13-11-30(12-14-32)23-16-27-7-8-28-23)20-17-36-24(29-20)18-5-9-31(10-6-18)26(34)22-15-19-3-1-2-4-21(19)35-22/h1-4,7-8,15-18H,5-6,9-14H2. The molecule has 0 atom stereocenters. The molecule has 2 saturated heterocycles. The summed E-state index contributed by atoms with van der Waals surface area (Å²) in [6.45, 7) is 3.99. The summed E-state index contributed by atoms with van der Waals surface area (Å²) in [5.74, 6) is 1.39. The monoisotopic (exact) mass is 502 g/mol. The van der Waals surface area contributed by atoms with E-state index in [0.29, 0.717) is 37.6 Å². The first-order chi connectivity index (χ1) is 17.7. The summed E-state index contributed by atoms with van der Waals surface area (Å²) in [6.07, 6.45) is 6.74. The van der Waals surface area contributed by atoms with Crippen LogP contribution < -0.4 is 4.90 Å². The molecule has 5 heterocycles. The van der Waals surface area contributed by atoms with Gasteiger partial charge in [0.1, 0.15) is 17.1 Å². The van der Waals surface area contributed by atoms with Crippen molar-refractivity contribution in [2.75, 3.05) is 44.2 Å². The lowest BCUT2D eigenvalue weighted by molar-refractivity contribution is 0.0683. The predicted molar refractivity (Wildman–Crippen MR) is 136 cm³/mol. The van der Waals surface area contributed by atoms with Crippen molar-refractivity contribution >= 4 is 39.9 Å². The molecule has 9 nitrogen and oxygen atoms in total. The fourth-order valence-electron chi connectivity index (χ4n) is 4.90. The number of rotatable bonds is 4. The second kappa shape index (κ2) is 9.69. The normalized spacial score (nSPS) is 17.1. The van der Waals surface area contributed by atoms with Crippen LogP contribution in [0.15, 0.2) is 58.7 Å². The number of amides is 2. The Balaban J connectivity index is 1.04. The van der Waals surface area contributed by atoms with Gasteiger partial charge in [0.05, 0.1) is 11.2 Å². The molecule has 0 bridgehead atoms. The van der Waals surface area contributed by atoms with E-state index >= 15 is 0 Å². The molecule has 10 heteroatoms. The van der Waals surface area contributed by atoms with E-state index in [1.807, 2.05) is 45.5 Å². The largest absolute Gasteiger partial charge is 0.451 e. The lowest BCUT2D eigenvalue weighted by Crippen LogP contribution is -2.49. The lowest BCUT2D eigenvalue weighted by atomic mass is 9.97. The fourth-order valence-corrected chi connectivity index (χ4v) is 5.87. The second-order valence-corrected chi connectivity index (χ2v) is 10.0. The van der Waals surface area contributed by atoms with Gasteiger partial charge in [-0.2, -0.15) is 0 Å². The molecule has 0 spiro atoms. The van der Waals surface area contributed by atoms with Gasteiger partial charge in [-0.3, -0.25) is 14.6 Å². The first-order valence-electron chi connectivity index (χ1n) is 12.2. The van der Waals surface area contributed by atoms with Gasteiger partial charge in [0.25, 0.3) is 11.8 Å². The van der Waals surface area contributed by atoms with Crippen LogP contribution in [0.5, 0.6) is 0 Å². The molecule has 0 N–H and O–H groups in total. The third-order valence-corrected chi connectivity index (χ3v) is 7.96. The summed E-state index contributed by atoms with van der Waals surface area (Å²) in [7, 11) is 0. The smallest absolute Gasteiger partial charge is 0.289 e. The Labute approximate surface area is 212 Å². The highest BCUT2D eigenvalue weighted by Gasteiger charge is 2.30. The van der Waals surface area contributed by atoms with Crippen molar-refractivity contribution in [2.45, 2.75) is 18.8 Å². The maximum atomic E-state index is 13.1. The fraction of sp³-hybridized carbons (Fsp3) is 0.346. The predicted octanol–water partition coefficient (Wildman–Crippen LogP) is 3.66. The van der Waals surface area contributed by atoms with E-state index in [2.05, 4.69) is 14.9 Å². The summed E-state index contributed by atoms with van der Waals surface area (Å²) in [6, 6.07) is 9.47.